The fourth-order valence-electron chi connectivity index (χ4n) is 4.71. The van der Waals surface area contributed by atoms with E-state index in [9.17, 15) is 14.7 Å². The summed E-state index contributed by atoms with van der Waals surface area (Å²) in [5.41, 5.74) is 2.54. The molecule has 210 valence electrons. The predicted molar refractivity (Wildman–Crippen MR) is 158 cm³/mol. The van der Waals surface area contributed by atoms with Gasteiger partial charge in [0.2, 0.25) is 5.75 Å². The Bertz CT molecular complexity index is 1780. The van der Waals surface area contributed by atoms with Gasteiger partial charge in [-0.2, -0.15) is 0 Å². The number of fused-ring (bicyclic) bond motifs is 1. The van der Waals surface area contributed by atoms with Gasteiger partial charge in [-0.05, 0) is 67.4 Å². The van der Waals surface area contributed by atoms with E-state index in [1.807, 2.05) is 49.4 Å². The van der Waals surface area contributed by atoms with Crippen molar-refractivity contribution in [3.8, 4) is 23.0 Å². The Hall–Kier alpha value is -4.83. The Kier molecular flexibility index (Phi) is 7.93. The quantitative estimate of drug-likeness (QED) is 0.331. The Morgan fingerprint density at radius 3 is 2.34 bits per heavy atom. The number of hydrogen-bond acceptors (Lipinski definition) is 8. The molecule has 0 saturated heterocycles. The van der Waals surface area contributed by atoms with Gasteiger partial charge in [-0.15, -0.1) is 0 Å². The van der Waals surface area contributed by atoms with Gasteiger partial charge >= 0.3 is 0 Å². The SMILES string of the molecule is CCOc1ccc([C@@H]2C(C(=O)Nc3ccccc3)=C(C)N=c3sc(=Cc4cc(OC)c(O)c(OC)c4)c(=O)n32)cc1. The Balaban J connectivity index is 1.67. The van der Waals surface area contributed by atoms with Crippen LogP contribution in [0.3, 0.4) is 0 Å². The van der Waals surface area contributed by atoms with E-state index < -0.39 is 6.04 Å². The molecule has 1 aromatic heterocycles. The number of aromatic nitrogens is 1. The highest BCUT2D eigenvalue weighted by molar-refractivity contribution is 7.07. The normalized spacial score (nSPS) is 14.7. The van der Waals surface area contributed by atoms with Gasteiger partial charge < -0.3 is 24.6 Å². The lowest BCUT2D eigenvalue weighted by Gasteiger charge is -2.25. The fraction of sp³-hybridized carbons (Fsp3) is 0.194. The minimum atomic E-state index is -0.725. The van der Waals surface area contributed by atoms with Crippen LogP contribution in [0.25, 0.3) is 6.08 Å². The van der Waals surface area contributed by atoms with Crippen LogP contribution in [-0.4, -0.2) is 36.4 Å². The lowest BCUT2D eigenvalue weighted by Crippen LogP contribution is -2.40. The Morgan fingerprint density at radius 2 is 1.73 bits per heavy atom. The van der Waals surface area contributed by atoms with Crippen molar-refractivity contribution < 1.29 is 24.1 Å². The maximum atomic E-state index is 14.0. The number of phenols is 1. The van der Waals surface area contributed by atoms with E-state index in [-0.39, 0.29) is 28.7 Å². The van der Waals surface area contributed by atoms with E-state index in [2.05, 4.69) is 10.3 Å². The van der Waals surface area contributed by atoms with E-state index in [1.54, 1.807) is 41.8 Å². The van der Waals surface area contributed by atoms with Crippen LogP contribution in [0.15, 0.2) is 87.8 Å². The van der Waals surface area contributed by atoms with Crippen molar-refractivity contribution in [1.82, 2.24) is 4.57 Å². The third kappa shape index (κ3) is 5.46. The second-order valence-corrected chi connectivity index (χ2v) is 10.2. The fourth-order valence-corrected chi connectivity index (χ4v) is 5.76. The van der Waals surface area contributed by atoms with E-state index in [4.69, 9.17) is 14.2 Å². The number of rotatable bonds is 8. The van der Waals surface area contributed by atoms with Crippen molar-refractivity contribution in [2.45, 2.75) is 19.9 Å². The molecule has 1 atom stereocenters. The monoisotopic (exact) mass is 571 g/mol. The molecular weight excluding hydrogens is 542 g/mol. The summed E-state index contributed by atoms with van der Waals surface area (Å²) in [5.74, 6) is 0.639. The standard InChI is InChI=1S/C31H29N3O6S/c1-5-40-22-13-11-20(12-14-22)27-26(29(36)33-21-9-7-6-8-10-21)18(2)32-31-34(27)30(37)25(41-31)17-19-15-23(38-3)28(35)24(16-19)39-4/h6-17,27,35H,5H2,1-4H3,(H,33,36)/t27-/m1/s1. The average molecular weight is 572 g/mol. The summed E-state index contributed by atoms with van der Waals surface area (Å²) in [6.07, 6.45) is 1.69. The van der Waals surface area contributed by atoms with Crippen molar-refractivity contribution in [1.29, 1.82) is 0 Å². The molecule has 1 aliphatic rings. The molecule has 5 rings (SSSR count). The van der Waals surface area contributed by atoms with Crippen LogP contribution in [0.2, 0.25) is 0 Å². The number of benzene rings is 3. The van der Waals surface area contributed by atoms with Crippen molar-refractivity contribution in [3.63, 3.8) is 0 Å². The number of hydrogen-bond donors (Lipinski definition) is 2. The topological polar surface area (TPSA) is 111 Å². The Labute approximate surface area is 240 Å². The molecule has 3 aromatic carbocycles. The number of anilines is 1. The highest BCUT2D eigenvalue weighted by Gasteiger charge is 2.32. The number of carbonyl (C=O) groups excluding carboxylic acids is 1. The summed E-state index contributed by atoms with van der Waals surface area (Å²) in [4.78, 5) is 32.8. The second kappa shape index (κ2) is 11.7. The number of nitrogens with one attached hydrogen (secondary N) is 1. The number of methoxy groups -OCH3 is 2. The van der Waals surface area contributed by atoms with Crippen LogP contribution in [-0.2, 0) is 4.79 Å². The van der Waals surface area contributed by atoms with Crippen LogP contribution in [0.5, 0.6) is 23.0 Å². The van der Waals surface area contributed by atoms with Gasteiger partial charge in [0.15, 0.2) is 16.3 Å². The van der Waals surface area contributed by atoms with E-state index >= 15 is 0 Å². The molecule has 0 fully saturated rings. The number of ether oxygens (including phenoxy) is 3. The largest absolute Gasteiger partial charge is 0.502 e. The number of allylic oxidation sites excluding steroid dienone is 1. The third-order valence-corrected chi connectivity index (χ3v) is 7.59. The summed E-state index contributed by atoms with van der Waals surface area (Å²) in [6.45, 7) is 4.20. The predicted octanol–water partition coefficient (Wildman–Crippen LogP) is 4.00. The number of nitrogens with zero attached hydrogens (tertiary/aromatic N) is 2. The van der Waals surface area contributed by atoms with Gasteiger partial charge in [-0.1, -0.05) is 41.7 Å². The van der Waals surface area contributed by atoms with Crippen LogP contribution in [0.1, 0.15) is 31.0 Å². The van der Waals surface area contributed by atoms with Crippen molar-refractivity contribution in [3.05, 3.63) is 109 Å². The Morgan fingerprint density at radius 1 is 1.07 bits per heavy atom. The number of aromatic hydroxyl groups is 1. The van der Waals surface area contributed by atoms with Crippen LogP contribution in [0, 0.1) is 0 Å². The minimum Gasteiger partial charge on any atom is -0.502 e. The smallest absolute Gasteiger partial charge is 0.271 e. The molecule has 41 heavy (non-hydrogen) atoms. The lowest BCUT2D eigenvalue weighted by molar-refractivity contribution is -0.113. The van der Waals surface area contributed by atoms with Crippen molar-refractivity contribution in [2.75, 3.05) is 26.1 Å². The average Bonchev–Trinajstić information content (AvgIpc) is 3.28. The molecule has 9 nitrogen and oxygen atoms in total. The number of thiazole rings is 1. The molecule has 10 heteroatoms. The van der Waals surface area contributed by atoms with Crippen LogP contribution >= 0.6 is 11.3 Å². The van der Waals surface area contributed by atoms with Crippen LogP contribution < -0.4 is 34.4 Å². The zero-order valence-electron chi connectivity index (χ0n) is 23.0. The van der Waals surface area contributed by atoms with Gasteiger partial charge in [0, 0.05) is 5.69 Å². The molecule has 0 unspecified atom stereocenters. The zero-order valence-corrected chi connectivity index (χ0v) is 23.8. The van der Waals surface area contributed by atoms with Gasteiger partial charge in [-0.3, -0.25) is 14.2 Å². The molecule has 0 aliphatic carbocycles. The van der Waals surface area contributed by atoms with Gasteiger partial charge in [0.05, 0.1) is 42.7 Å². The number of para-hydroxylation sites is 1. The summed E-state index contributed by atoms with van der Waals surface area (Å²) in [7, 11) is 2.88. The van der Waals surface area contributed by atoms with Gasteiger partial charge in [0.25, 0.3) is 11.5 Å². The van der Waals surface area contributed by atoms with Gasteiger partial charge in [-0.25, -0.2) is 4.99 Å². The first-order valence-electron chi connectivity index (χ1n) is 12.9. The molecular formula is C31H29N3O6S. The molecule has 0 saturated carbocycles. The van der Waals surface area contributed by atoms with Crippen molar-refractivity contribution in [2.24, 2.45) is 4.99 Å². The summed E-state index contributed by atoms with van der Waals surface area (Å²) in [6, 6.07) is 19.0. The maximum absolute atomic E-state index is 14.0. The van der Waals surface area contributed by atoms with E-state index in [0.717, 1.165) is 5.56 Å². The first-order chi connectivity index (χ1) is 19.8. The maximum Gasteiger partial charge on any atom is 0.271 e. The highest BCUT2D eigenvalue weighted by atomic mass is 32.1. The van der Waals surface area contributed by atoms with Crippen LogP contribution in [0.4, 0.5) is 5.69 Å². The number of amides is 1. The molecule has 2 N–H and O–H groups in total. The van der Waals surface area contributed by atoms with Crippen molar-refractivity contribution >= 4 is 29.0 Å². The van der Waals surface area contributed by atoms with E-state index in [0.29, 0.717) is 44.2 Å². The molecule has 4 aromatic rings. The summed E-state index contributed by atoms with van der Waals surface area (Å²) in [5, 5.41) is 13.3. The summed E-state index contributed by atoms with van der Waals surface area (Å²) < 4.78 is 18.1. The minimum absolute atomic E-state index is 0.131. The number of carbonyl (C=O) groups is 1. The first-order valence-corrected chi connectivity index (χ1v) is 13.7. The molecule has 0 radical (unpaired) electrons. The molecule has 2 heterocycles. The molecule has 1 amide bonds. The second-order valence-electron chi connectivity index (χ2n) is 9.18. The van der Waals surface area contributed by atoms with Gasteiger partial charge in [0.1, 0.15) is 5.75 Å². The van der Waals surface area contributed by atoms with E-state index in [1.165, 1.54) is 25.6 Å². The first kappa shape index (κ1) is 27.7. The zero-order chi connectivity index (χ0) is 29.1. The highest BCUT2D eigenvalue weighted by Crippen LogP contribution is 2.37. The molecule has 0 spiro atoms. The third-order valence-electron chi connectivity index (χ3n) is 6.60. The lowest BCUT2D eigenvalue weighted by atomic mass is 9.95. The number of phenolic OH excluding ortho intramolecular Hbond substituents is 1. The molecule has 0 bridgehead atoms. The molecule has 1 aliphatic heterocycles. The summed E-state index contributed by atoms with van der Waals surface area (Å²) >= 11 is 1.21.